The minimum Gasteiger partial charge on any atom is -0.358 e. The van der Waals surface area contributed by atoms with Gasteiger partial charge >= 0.3 is 0 Å². The van der Waals surface area contributed by atoms with Gasteiger partial charge in [-0.1, -0.05) is 16.8 Å². The summed E-state index contributed by atoms with van der Waals surface area (Å²) in [6, 6.07) is 5.27. The Balaban J connectivity index is 1.51. The molecule has 154 valence electrons. The van der Waals surface area contributed by atoms with Crippen LogP contribution in [0.2, 0.25) is 5.02 Å². The highest BCUT2D eigenvalue weighted by atomic mass is 35.5. The van der Waals surface area contributed by atoms with Crippen molar-refractivity contribution in [1.29, 1.82) is 0 Å². The average molecular weight is 425 g/mol. The number of aromatic amines is 1. The van der Waals surface area contributed by atoms with E-state index in [4.69, 9.17) is 11.6 Å². The molecule has 0 aliphatic carbocycles. The van der Waals surface area contributed by atoms with E-state index in [1.54, 1.807) is 41.4 Å². The number of nitrogens with one attached hydrogen (secondary N) is 3. The van der Waals surface area contributed by atoms with E-state index in [1.165, 1.54) is 0 Å². The van der Waals surface area contributed by atoms with Crippen LogP contribution in [-0.2, 0) is 11.3 Å². The van der Waals surface area contributed by atoms with Crippen LogP contribution in [0.3, 0.4) is 0 Å². The van der Waals surface area contributed by atoms with Gasteiger partial charge in [-0.15, -0.1) is 5.10 Å². The summed E-state index contributed by atoms with van der Waals surface area (Å²) >= 11 is 6.10. The van der Waals surface area contributed by atoms with Gasteiger partial charge in [0.25, 0.3) is 11.8 Å². The third-order valence-electron chi connectivity index (χ3n) is 5.08. The Bertz CT molecular complexity index is 1150. The number of anilines is 1. The number of carbonyl (C=O) groups is 2. The Morgan fingerprint density at radius 1 is 1.33 bits per heavy atom. The molecule has 9 heteroatoms. The zero-order valence-corrected chi connectivity index (χ0v) is 17.4. The number of aromatic nitrogens is 4. The molecule has 0 saturated heterocycles. The Morgan fingerprint density at radius 3 is 2.93 bits per heavy atom. The molecule has 0 bridgehead atoms. The first-order valence-corrected chi connectivity index (χ1v) is 9.96. The highest BCUT2D eigenvalue weighted by molar-refractivity contribution is 6.36. The van der Waals surface area contributed by atoms with E-state index in [9.17, 15) is 9.59 Å². The lowest BCUT2D eigenvalue weighted by atomic mass is 10.0. The van der Waals surface area contributed by atoms with Gasteiger partial charge in [0.15, 0.2) is 0 Å². The summed E-state index contributed by atoms with van der Waals surface area (Å²) < 4.78 is 1.72. The molecule has 3 aromatic rings. The van der Waals surface area contributed by atoms with Gasteiger partial charge in [-0.05, 0) is 50.1 Å². The Kier molecular flexibility index (Phi) is 5.41. The van der Waals surface area contributed by atoms with E-state index >= 15 is 0 Å². The molecular formula is C21H21ClN6O2. The quantitative estimate of drug-likeness (QED) is 0.417. The number of rotatable bonds is 6. The summed E-state index contributed by atoms with van der Waals surface area (Å²) in [5.74, 6) is -0.346. The van der Waals surface area contributed by atoms with Crippen molar-refractivity contribution in [3.8, 4) is 0 Å². The van der Waals surface area contributed by atoms with Gasteiger partial charge in [0.1, 0.15) is 0 Å². The van der Waals surface area contributed by atoms with E-state index < -0.39 is 0 Å². The van der Waals surface area contributed by atoms with Crippen molar-refractivity contribution in [1.82, 2.24) is 25.3 Å². The summed E-state index contributed by atoms with van der Waals surface area (Å²) in [5.41, 5.74) is 4.83. The molecule has 2 aromatic heterocycles. The zero-order chi connectivity index (χ0) is 21.3. The maximum Gasteiger partial charge on any atom is 0.256 e. The van der Waals surface area contributed by atoms with Crippen molar-refractivity contribution >= 4 is 40.8 Å². The van der Waals surface area contributed by atoms with Crippen molar-refractivity contribution < 1.29 is 9.59 Å². The molecule has 0 atom stereocenters. The molecule has 0 unspecified atom stereocenters. The molecule has 1 aliphatic heterocycles. The largest absolute Gasteiger partial charge is 0.358 e. The topological polar surface area (TPSA) is 105 Å². The lowest BCUT2D eigenvalue weighted by Crippen LogP contribution is -2.26. The molecule has 1 aliphatic rings. The average Bonchev–Trinajstić information content (AvgIpc) is 3.39. The number of benzene rings is 1. The highest BCUT2D eigenvalue weighted by Crippen LogP contribution is 2.35. The molecule has 30 heavy (non-hydrogen) atoms. The van der Waals surface area contributed by atoms with E-state index in [1.807, 2.05) is 13.8 Å². The third kappa shape index (κ3) is 3.86. The van der Waals surface area contributed by atoms with Crippen LogP contribution >= 0.6 is 11.6 Å². The van der Waals surface area contributed by atoms with Gasteiger partial charge in [-0.3, -0.25) is 14.3 Å². The summed E-state index contributed by atoms with van der Waals surface area (Å²) in [4.78, 5) is 28.4. The fraction of sp³-hybridized carbons (Fsp3) is 0.238. The second-order valence-electron chi connectivity index (χ2n) is 7.14. The molecule has 0 fully saturated rings. The lowest BCUT2D eigenvalue weighted by Gasteiger charge is -2.06. The number of H-pyrrole nitrogens is 1. The summed E-state index contributed by atoms with van der Waals surface area (Å²) in [6.07, 6.45) is 5.91. The fourth-order valence-corrected chi connectivity index (χ4v) is 3.76. The molecule has 4 rings (SSSR count). The van der Waals surface area contributed by atoms with Crippen molar-refractivity contribution in [3.05, 3.63) is 63.7 Å². The van der Waals surface area contributed by atoms with Gasteiger partial charge in [0.2, 0.25) is 0 Å². The number of amides is 2. The minimum absolute atomic E-state index is 0.149. The van der Waals surface area contributed by atoms with Crippen LogP contribution in [0.4, 0.5) is 5.69 Å². The molecule has 3 N–H and O–H groups in total. The first-order valence-electron chi connectivity index (χ1n) is 9.58. The standard InChI is InChI=1S/C21H21ClN6O2/c1-12-18(11-16-15-10-14(22)4-5-17(15)26-20(16)29)25-13(2)19(12)21(30)23-6-3-8-28-9-7-24-27-28/h4-5,7,9-11,25H,3,6,8H2,1-2H3,(H,23,30)(H,26,29). The third-order valence-corrected chi connectivity index (χ3v) is 5.31. The minimum atomic E-state index is -0.196. The van der Waals surface area contributed by atoms with Gasteiger partial charge in [0, 0.05) is 46.9 Å². The number of hydrogen-bond acceptors (Lipinski definition) is 4. The first-order chi connectivity index (χ1) is 14.4. The van der Waals surface area contributed by atoms with Gasteiger partial charge in [-0.25, -0.2) is 0 Å². The van der Waals surface area contributed by atoms with Crippen LogP contribution in [0.25, 0.3) is 11.6 Å². The van der Waals surface area contributed by atoms with Crippen LogP contribution < -0.4 is 10.6 Å². The summed E-state index contributed by atoms with van der Waals surface area (Å²) in [6.45, 7) is 4.91. The number of hydrogen-bond donors (Lipinski definition) is 3. The second-order valence-corrected chi connectivity index (χ2v) is 7.58. The van der Waals surface area contributed by atoms with E-state index in [0.29, 0.717) is 29.2 Å². The number of halogens is 1. The molecule has 0 radical (unpaired) electrons. The van der Waals surface area contributed by atoms with Crippen LogP contribution in [0.15, 0.2) is 30.6 Å². The molecule has 8 nitrogen and oxygen atoms in total. The van der Waals surface area contributed by atoms with Crippen LogP contribution in [0.5, 0.6) is 0 Å². The second kappa shape index (κ2) is 8.16. The molecular weight excluding hydrogens is 404 g/mol. The SMILES string of the molecule is Cc1[nH]c(C=C2C(=O)Nc3ccc(Cl)cc32)c(C)c1C(=O)NCCCn1ccnn1. The number of nitrogens with zero attached hydrogens (tertiary/aromatic N) is 3. The lowest BCUT2D eigenvalue weighted by molar-refractivity contribution is -0.110. The van der Waals surface area contributed by atoms with Gasteiger partial charge < -0.3 is 15.6 Å². The summed E-state index contributed by atoms with van der Waals surface area (Å²) in [7, 11) is 0. The van der Waals surface area contributed by atoms with Crippen LogP contribution in [0, 0.1) is 13.8 Å². The van der Waals surface area contributed by atoms with Crippen LogP contribution in [0.1, 0.15) is 39.3 Å². The van der Waals surface area contributed by atoms with Gasteiger partial charge in [0.05, 0.1) is 17.3 Å². The normalized spacial score (nSPS) is 14.1. The van der Waals surface area contributed by atoms with E-state index in [0.717, 1.165) is 34.6 Å². The Morgan fingerprint density at radius 2 is 2.17 bits per heavy atom. The predicted octanol–water partition coefficient (Wildman–Crippen LogP) is 3.19. The van der Waals surface area contributed by atoms with E-state index in [2.05, 4.69) is 25.9 Å². The number of carbonyl (C=O) groups excluding carboxylic acids is 2. The number of aryl methyl sites for hydroxylation is 2. The maximum absolute atomic E-state index is 12.7. The smallest absolute Gasteiger partial charge is 0.256 e. The predicted molar refractivity (Wildman–Crippen MR) is 115 cm³/mol. The maximum atomic E-state index is 12.7. The van der Waals surface area contributed by atoms with Gasteiger partial charge in [-0.2, -0.15) is 0 Å². The molecule has 3 heterocycles. The molecule has 0 spiro atoms. The highest BCUT2D eigenvalue weighted by Gasteiger charge is 2.25. The van der Waals surface area contributed by atoms with Crippen molar-refractivity contribution in [3.63, 3.8) is 0 Å². The molecule has 2 amide bonds. The Hall–Kier alpha value is -3.39. The zero-order valence-electron chi connectivity index (χ0n) is 16.6. The van der Waals surface area contributed by atoms with Crippen molar-refractivity contribution in [2.24, 2.45) is 0 Å². The first kappa shape index (κ1) is 19.9. The molecule has 1 aromatic carbocycles. The van der Waals surface area contributed by atoms with Crippen molar-refractivity contribution in [2.45, 2.75) is 26.8 Å². The Labute approximate surface area is 178 Å². The molecule has 0 saturated carbocycles. The number of fused-ring (bicyclic) bond motifs is 1. The van der Waals surface area contributed by atoms with Crippen LogP contribution in [-0.4, -0.2) is 38.3 Å². The van der Waals surface area contributed by atoms with Crippen molar-refractivity contribution in [2.75, 3.05) is 11.9 Å². The summed E-state index contributed by atoms with van der Waals surface area (Å²) in [5, 5.41) is 14.0. The monoisotopic (exact) mass is 424 g/mol. The van der Waals surface area contributed by atoms with E-state index in [-0.39, 0.29) is 11.8 Å². The fourth-order valence-electron chi connectivity index (χ4n) is 3.59.